The van der Waals surface area contributed by atoms with Gasteiger partial charge < -0.3 is 0 Å². The van der Waals surface area contributed by atoms with Crippen molar-refractivity contribution < 1.29 is 4.84 Å². The number of benzene rings is 1. The molecule has 1 saturated heterocycles. The number of halogens is 1. The van der Waals surface area contributed by atoms with Crippen LogP contribution in [0.5, 0.6) is 0 Å². The second-order valence-electron chi connectivity index (χ2n) is 4.06. The summed E-state index contributed by atoms with van der Waals surface area (Å²) in [7, 11) is 2.03. The molecule has 3 unspecified atom stereocenters. The van der Waals surface area contributed by atoms with Crippen molar-refractivity contribution in [2.75, 3.05) is 11.5 Å². The second-order valence-corrected chi connectivity index (χ2v) is 4.94. The Morgan fingerprint density at radius 3 is 2.53 bits per heavy atom. The number of hydroxylamine groups is 2. The molecule has 0 bridgehead atoms. The Bertz CT molecular complexity index is 317. The van der Waals surface area contributed by atoms with Crippen LogP contribution in [0.3, 0.4) is 0 Å². The van der Waals surface area contributed by atoms with E-state index in [1.165, 1.54) is 5.56 Å². The molecule has 3 atom stereocenters. The van der Waals surface area contributed by atoms with Crippen molar-refractivity contribution in [3.63, 3.8) is 0 Å². The predicted octanol–water partition coefficient (Wildman–Crippen LogP) is 3.04. The van der Waals surface area contributed by atoms with Gasteiger partial charge in [0.25, 0.3) is 0 Å². The first-order valence-corrected chi connectivity index (χ1v) is 6.77. The van der Waals surface area contributed by atoms with E-state index in [1.807, 2.05) is 12.1 Å². The van der Waals surface area contributed by atoms with Gasteiger partial charge in [0.1, 0.15) is 0 Å². The SMILES string of the molecule is CC1C(CI)ON(C)C1c1ccccc1. The van der Waals surface area contributed by atoms with Crippen LogP contribution in [-0.4, -0.2) is 22.6 Å². The molecule has 0 aromatic heterocycles. The maximum Gasteiger partial charge on any atom is 0.0927 e. The summed E-state index contributed by atoms with van der Waals surface area (Å²) >= 11 is 2.39. The molecule has 15 heavy (non-hydrogen) atoms. The molecule has 1 heterocycles. The van der Waals surface area contributed by atoms with Crippen LogP contribution in [0.4, 0.5) is 0 Å². The Labute approximate surface area is 105 Å². The summed E-state index contributed by atoms with van der Waals surface area (Å²) in [5.41, 5.74) is 1.35. The van der Waals surface area contributed by atoms with Gasteiger partial charge in [0, 0.05) is 17.4 Å². The minimum absolute atomic E-state index is 0.348. The summed E-state index contributed by atoms with van der Waals surface area (Å²) in [5, 5.41) is 2.00. The van der Waals surface area contributed by atoms with Crippen molar-refractivity contribution in [2.45, 2.75) is 19.1 Å². The topological polar surface area (TPSA) is 12.5 Å². The van der Waals surface area contributed by atoms with E-state index >= 15 is 0 Å². The monoisotopic (exact) mass is 317 g/mol. The van der Waals surface area contributed by atoms with E-state index in [9.17, 15) is 0 Å². The molecular weight excluding hydrogens is 301 g/mol. The fourth-order valence-corrected chi connectivity index (χ4v) is 3.20. The highest BCUT2D eigenvalue weighted by molar-refractivity contribution is 14.1. The molecule has 0 amide bonds. The zero-order valence-electron chi connectivity index (χ0n) is 9.06. The van der Waals surface area contributed by atoms with Crippen molar-refractivity contribution in [2.24, 2.45) is 5.92 Å². The van der Waals surface area contributed by atoms with Crippen molar-refractivity contribution in [1.82, 2.24) is 5.06 Å². The summed E-state index contributed by atoms with van der Waals surface area (Å²) in [6.07, 6.45) is 0.348. The first-order valence-electron chi connectivity index (χ1n) is 5.24. The molecule has 3 heteroatoms. The third-order valence-electron chi connectivity index (χ3n) is 3.07. The molecule has 2 rings (SSSR count). The highest BCUT2D eigenvalue weighted by atomic mass is 127. The van der Waals surface area contributed by atoms with Gasteiger partial charge in [0.15, 0.2) is 0 Å². The maximum atomic E-state index is 5.82. The average Bonchev–Trinajstić information content (AvgIpc) is 2.55. The van der Waals surface area contributed by atoms with Crippen molar-refractivity contribution in [3.8, 4) is 0 Å². The van der Waals surface area contributed by atoms with Gasteiger partial charge >= 0.3 is 0 Å². The van der Waals surface area contributed by atoms with Crippen molar-refractivity contribution >= 4 is 22.6 Å². The van der Waals surface area contributed by atoms with Crippen LogP contribution in [0.2, 0.25) is 0 Å². The second kappa shape index (κ2) is 4.80. The molecule has 0 radical (unpaired) electrons. The minimum Gasteiger partial charge on any atom is -0.294 e. The Morgan fingerprint density at radius 1 is 1.33 bits per heavy atom. The molecule has 0 saturated carbocycles. The quantitative estimate of drug-likeness (QED) is 0.614. The summed E-state index contributed by atoms with van der Waals surface area (Å²) in [6, 6.07) is 11.0. The molecule has 0 spiro atoms. The van der Waals surface area contributed by atoms with E-state index in [-0.39, 0.29) is 0 Å². The average molecular weight is 317 g/mol. The summed E-state index contributed by atoms with van der Waals surface area (Å²) < 4.78 is 1.05. The largest absolute Gasteiger partial charge is 0.294 e. The molecule has 0 aliphatic carbocycles. The molecule has 1 aliphatic rings. The molecule has 1 aromatic rings. The van der Waals surface area contributed by atoms with Crippen LogP contribution in [0.15, 0.2) is 30.3 Å². The van der Waals surface area contributed by atoms with Gasteiger partial charge in [0.05, 0.1) is 12.1 Å². The molecule has 2 nitrogen and oxygen atoms in total. The summed E-state index contributed by atoms with van der Waals surface area (Å²) in [5.74, 6) is 0.550. The number of rotatable bonds is 2. The number of alkyl halides is 1. The number of hydrogen-bond donors (Lipinski definition) is 0. The molecule has 1 aromatic carbocycles. The Hall–Kier alpha value is -0.130. The zero-order chi connectivity index (χ0) is 10.8. The van der Waals surface area contributed by atoms with Gasteiger partial charge in [-0.3, -0.25) is 4.84 Å². The van der Waals surface area contributed by atoms with Gasteiger partial charge in [-0.25, -0.2) is 0 Å². The van der Waals surface area contributed by atoms with Crippen LogP contribution in [-0.2, 0) is 4.84 Å². The number of hydrogen-bond acceptors (Lipinski definition) is 2. The lowest BCUT2D eigenvalue weighted by atomic mass is 9.92. The minimum atomic E-state index is 0.348. The maximum absolute atomic E-state index is 5.82. The van der Waals surface area contributed by atoms with Crippen LogP contribution in [0.25, 0.3) is 0 Å². The van der Waals surface area contributed by atoms with E-state index in [2.05, 4.69) is 59.8 Å². The molecule has 82 valence electrons. The lowest BCUT2D eigenvalue weighted by Gasteiger charge is -2.20. The third kappa shape index (κ3) is 2.19. The Morgan fingerprint density at radius 2 is 2.00 bits per heavy atom. The summed E-state index contributed by atoms with van der Waals surface area (Å²) in [6.45, 7) is 2.27. The Kier molecular flexibility index (Phi) is 3.64. The van der Waals surface area contributed by atoms with Crippen LogP contribution in [0, 0.1) is 5.92 Å². The Balaban J connectivity index is 2.23. The molecule has 0 N–H and O–H groups in total. The van der Waals surface area contributed by atoms with Gasteiger partial charge in [-0.1, -0.05) is 59.8 Å². The van der Waals surface area contributed by atoms with Crippen LogP contribution in [0.1, 0.15) is 18.5 Å². The van der Waals surface area contributed by atoms with Crippen molar-refractivity contribution in [1.29, 1.82) is 0 Å². The van der Waals surface area contributed by atoms with E-state index in [1.54, 1.807) is 0 Å². The lowest BCUT2D eigenvalue weighted by molar-refractivity contribution is -0.137. The normalized spacial score (nSPS) is 32.1. The van der Waals surface area contributed by atoms with E-state index in [0.29, 0.717) is 18.1 Å². The van der Waals surface area contributed by atoms with Gasteiger partial charge in [0.2, 0.25) is 0 Å². The van der Waals surface area contributed by atoms with E-state index < -0.39 is 0 Å². The smallest absolute Gasteiger partial charge is 0.0927 e. The first kappa shape index (κ1) is 11.4. The lowest BCUT2D eigenvalue weighted by Crippen LogP contribution is -2.19. The first-order chi connectivity index (χ1) is 7.24. The fraction of sp³-hybridized carbons (Fsp3) is 0.500. The highest BCUT2D eigenvalue weighted by Crippen LogP contribution is 2.38. The van der Waals surface area contributed by atoms with E-state index in [4.69, 9.17) is 4.84 Å². The van der Waals surface area contributed by atoms with Crippen molar-refractivity contribution in [3.05, 3.63) is 35.9 Å². The standard InChI is InChI=1S/C12H16INO/c1-9-11(8-13)15-14(2)12(9)10-6-4-3-5-7-10/h3-7,9,11-12H,8H2,1-2H3. The van der Waals surface area contributed by atoms with Gasteiger partial charge in [-0.05, 0) is 5.56 Å². The molecular formula is C12H16INO. The third-order valence-corrected chi connectivity index (χ3v) is 3.94. The van der Waals surface area contributed by atoms with E-state index in [0.717, 1.165) is 4.43 Å². The summed E-state index contributed by atoms with van der Waals surface area (Å²) in [4.78, 5) is 5.82. The van der Waals surface area contributed by atoms with Crippen LogP contribution < -0.4 is 0 Å². The predicted molar refractivity (Wildman–Crippen MR) is 69.9 cm³/mol. The van der Waals surface area contributed by atoms with Gasteiger partial charge in [-0.2, -0.15) is 5.06 Å². The number of nitrogens with zero attached hydrogens (tertiary/aromatic N) is 1. The zero-order valence-corrected chi connectivity index (χ0v) is 11.2. The molecule has 1 fully saturated rings. The molecule has 1 aliphatic heterocycles. The van der Waals surface area contributed by atoms with Crippen LogP contribution >= 0.6 is 22.6 Å². The highest BCUT2D eigenvalue weighted by Gasteiger charge is 2.38. The fourth-order valence-electron chi connectivity index (χ4n) is 2.24. The van der Waals surface area contributed by atoms with Gasteiger partial charge in [-0.15, -0.1) is 0 Å².